The van der Waals surface area contributed by atoms with E-state index in [0.29, 0.717) is 19.0 Å². The molecule has 1 unspecified atom stereocenters. The molecule has 20 heavy (non-hydrogen) atoms. The Balaban J connectivity index is 2.50. The predicted octanol–water partition coefficient (Wildman–Crippen LogP) is 2.83. The molecule has 1 aliphatic rings. The van der Waals surface area contributed by atoms with Crippen molar-refractivity contribution in [1.82, 2.24) is 4.31 Å². The molecule has 2 rings (SSSR count). The minimum atomic E-state index is -3.69. The maximum Gasteiger partial charge on any atom is 0.337 e. The van der Waals surface area contributed by atoms with Gasteiger partial charge in [0, 0.05) is 17.6 Å². The summed E-state index contributed by atoms with van der Waals surface area (Å²) in [4.78, 5) is 11.1. The monoisotopic (exact) mass is 381 g/mol. The van der Waals surface area contributed by atoms with E-state index in [0.717, 1.165) is 12.5 Å². The number of carboxylic acid groups (broad SMARTS) is 1. The van der Waals surface area contributed by atoms with Crippen molar-refractivity contribution in [1.29, 1.82) is 0 Å². The van der Waals surface area contributed by atoms with Crippen molar-refractivity contribution in [2.75, 3.05) is 13.1 Å². The van der Waals surface area contributed by atoms with E-state index in [1.165, 1.54) is 10.4 Å². The van der Waals surface area contributed by atoms with Crippen molar-refractivity contribution in [3.8, 4) is 0 Å². The van der Waals surface area contributed by atoms with Gasteiger partial charge < -0.3 is 5.11 Å². The standard InChI is InChI=1S/C12H13BrClNO4S/c1-7-2-3-15(6-7)20(18,19)8-4-9(12(16)17)11(14)10(13)5-8/h4-5,7H,2-3,6H2,1H3,(H,16,17). The number of rotatable bonds is 3. The molecule has 5 nitrogen and oxygen atoms in total. The van der Waals surface area contributed by atoms with Gasteiger partial charge in [-0.25, -0.2) is 13.2 Å². The second-order valence-electron chi connectivity index (χ2n) is 4.83. The van der Waals surface area contributed by atoms with Crippen LogP contribution in [0.2, 0.25) is 5.02 Å². The number of aromatic carboxylic acids is 1. The number of carboxylic acids is 1. The van der Waals surface area contributed by atoms with Gasteiger partial charge in [-0.1, -0.05) is 18.5 Å². The molecule has 0 radical (unpaired) electrons. The average Bonchev–Trinajstić information content (AvgIpc) is 2.79. The van der Waals surface area contributed by atoms with Crippen LogP contribution >= 0.6 is 27.5 Å². The third kappa shape index (κ3) is 2.86. The zero-order valence-corrected chi connectivity index (χ0v) is 13.8. The minimum Gasteiger partial charge on any atom is -0.478 e. The van der Waals surface area contributed by atoms with Crippen LogP contribution in [0.25, 0.3) is 0 Å². The highest BCUT2D eigenvalue weighted by molar-refractivity contribution is 9.10. The fourth-order valence-electron chi connectivity index (χ4n) is 2.13. The smallest absolute Gasteiger partial charge is 0.337 e. The number of benzene rings is 1. The molecule has 0 saturated carbocycles. The van der Waals surface area contributed by atoms with E-state index >= 15 is 0 Å². The van der Waals surface area contributed by atoms with Gasteiger partial charge >= 0.3 is 5.97 Å². The lowest BCUT2D eigenvalue weighted by atomic mass is 10.2. The van der Waals surface area contributed by atoms with Crippen LogP contribution in [0.5, 0.6) is 0 Å². The van der Waals surface area contributed by atoms with Gasteiger partial charge in [0.25, 0.3) is 0 Å². The number of hydrogen-bond acceptors (Lipinski definition) is 3. The summed E-state index contributed by atoms with van der Waals surface area (Å²) in [6, 6.07) is 2.45. The molecular formula is C12H13BrClNO4S. The van der Waals surface area contributed by atoms with Gasteiger partial charge in [-0.15, -0.1) is 0 Å². The summed E-state index contributed by atoms with van der Waals surface area (Å²) >= 11 is 8.96. The molecule has 1 fully saturated rings. The normalized spacial score (nSPS) is 20.2. The highest BCUT2D eigenvalue weighted by Gasteiger charge is 2.32. The largest absolute Gasteiger partial charge is 0.478 e. The van der Waals surface area contributed by atoms with Crippen LogP contribution in [0, 0.1) is 5.92 Å². The Kier molecular flexibility index (Phi) is 4.44. The first-order valence-corrected chi connectivity index (χ1v) is 8.57. The van der Waals surface area contributed by atoms with E-state index in [1.807, 2.05) is 6.92 Å². The molecule has 0 spiro atoms. The summed E-state index contributed by atoms with van der Waals surface area (Å²) in [5, 5.41) is 9.07. The molecule has 0 aliphatic carbocycles. The molecule has 1 atom stereocenters. The first-order chi connectivity index (χ1) is 9.23. The average molecular weight is 383 g/mol. The van der Waals surface area contributed by atoms with Crippen molar-refractivity contribution >= 4 is 43.5 Å². The molecule has 0 amide bonds. The number of halogens is 2. The van der Waals surface area contributed by atoms with E-state index in [4.69, 9.17) is 16.7 Å². The number of sulfonamides is 1. The zero-order chi connectivity index (χ0) is 15.1. The van der Waals surface area contributed by atoms with Crippen LogP contribution in [0.15, 0.2) is 21.5 Å². The highest BCUT2D eigenvalue weighted by atomic mass is 79.9. The zero-order valence-electron chi connectivity index (χ0n) is 10.6. The van der Waals surface area contributed by atoms with E-state index < -0.39 is 16.0 Å². The van der Waals surface area contributed by atoms with Crippen molar-refractivity contribution in [3.05, 3.63) is 27.2 Å². The SMILES string of the molecule is CC1CCN(S(=O)(=O)c2cc(Br)c(Cl)c(C(=O)O)c2)C1. The van der Waals surface area contributed by atoms with E-state index in [-0.39, 0.29) is 20.0 Å². The topological polar surface area (TPSA) is 74.7 Å². The second kappa shape index (κ2) is 5.63. The van der Waals surface area contributed by atoms with Crippen molar-refractivity contribution in [2.45, 2.75) is 18.2 Å². The van der Waals surface area contributed by atoms with Gasteiger partial charge in [-0.3, -0.25) is 0 Å². The third-order valence-electron chi connectivity index (χ3n) is 3.26. The fourth-order valence-corrected chi connectivity index (χ4v) is 4.56. The van der Waals surface area contributed by atoms with Crippen LogP contribution in [-0.2, 0) is 10.0 Å². The predicted molar refractivity (Wildman–Crippen MR) is 78.7 cm³/mol. The van der Waals surface area contributed by atoms with Gasteiger partial charge in [-0.2, -0.15) is 4.31 Å². The Hall–Kier alpha value is -0.630. The molecular weight excluding hydrogens is 370 g/mol. The van der Waals surface area contributed by atoms with Crippen LogP contribution in [0.4, 0.5) is 0 Å². The third-order valence-corrected chi connectivity index (χ3v) is 6.36. The first kappa shape index (κ1) is 15.8. The van der Waals surface area contributed by atoms with Crippen molar-refractivity contribution < 1.29 is 18.3 Å². The molecule has 1 N–H and O–H groups in total. The fraction of sp³-hybridized carbons (Fsp3) is 0.417. The molecule has 0 aromatic heterocycles. The van der Waals surface area contributed by atoms with Gasteiger partial charge in [0.2, 0.25) is 10.0 Å². The summed E-state index contributed by atoms with van der Waals surface area (Å²) in [6.45, 7) is 2.88. The lowest BCUT2D eigenvalue weighted by Gasteiger charge is -2.17. The second-order valence-corrected chi connectivity index (χ2v) is 8.00. The lowest BCUT2D eigenvalue weighted by Crippen LogP contribution is -2.28. The van der Waals surface area contributed by atoms with E-state index in [1.54, 1.807) is 0 Å². The van der Waals surface area contributed by atoms with Crippen molar-refractivity contribution in [3.63, 3.8) is 0 Å². The molecule has 1 aromatic carbocycles. The molecule has 1 heterocycles. The molecule has 1 aromatic rings. The van der Waals surface area contributed by atoms with E-state index in [2.05, 4.69) is 15.9 Å². The van der Waals surface area contributed by atoms with E-state index in [9.17, 15) is 13.2 Å². The Bertz CT molecular complexity index is 662. The van der Waals surface area contributed by atoms with Crippen LogP contribution < -0.4 is 0 Å². The summed E-state index contributed by atoms with van der Waals surface area (Å²) < 4.78 is 26.6. The summed E-state index contributed by atoms with van der Waals surface area (Å²) in [5.74, 6) is -0.956. The first-order valence-electron chi connectivity index (χ1n) is 5.96. The van der Waals surface area contributed by atoms with Gasteiger partial charge in [0.15, 0.2) is 0 Å². The molecule has 0 bridgehead atoms. The van der Waals surface area contributed by atoms with Crippen LogP contribution in [-0.4, -0.2) is 36.9 Å². The molecule has 8 heteroatoms. The Labute approximate surface area is 130 Å². The van der Waals surface area contributed by atoms with Gasteiger partial charge in [0.05, 0.1) is 15.5 Å². The summed E-state index contributed by atoms with van der Waals surface area (Å²) in [5.41, 5.74) is -0.230. The number of nitrogens with zero attached hydrogens (tertiary/aromatic N) is 1. The van der Waals surface area contributed by atoms with Gasteiger partial charge in [0.1, 0.15) is 0 Å². The molecule has 1 aliphatic heterocycles. The van der Waals surface area contributed by atoms with Gasteiger partial charge in [-0.05, 0) is 40.4 Å². The maximum atomic E-state index is 12.5. The Morgan fingerprint density at radius 3 is 2.65 bits per heavy atom. The quantitative estimate of drug-likeness (QED) is 0.872. The van der Waals surface area contributed by atoms with Crippen LogP contribution in [0.3, 0.4) is 0 Å². The Morgan fingerprint density at radius 2 is 2.15 bits per heavy atom. The number of hydrogen-bond donors (Lipinski definition) is 1. The van der Waals surface area contributed by atoms with Crippen molar-refractivity contribution in [2.24, 2.45) is 5.92 Å². The van der Waals surface area contributed by atoms with Crippen LogP contribution in [0.1, 0.15) is 23.7 Å². The summed E-state index contributed by atoms with van der Waals surface area (Å²) in [6.07, 6.45) is 0.805. The molecule has 110 valence electrons. The lowest BCUT2D eigenvalue weighted by molar-refractivity contribution is 0.0696. The maximum absolute atomic E-state index is 12.5. The molecule has 1 saturated heterocycles. The summed E-state index contributed by atoms with van der Waals surface area (Å²) in [7, 11) is -3.69. The highest BCUT2D eigenvalue weighted by Crippen LogP contribution is 2.32. The Morgan fingerprint density at radius 1 is 1.50 bits per heavy atom. The number of carbonyl (C=O) groups is 1. The minimum absolute atomic E-state index is 0.00811.